The van der Waals surface area contributed by atoms with Gasteiger partial charge in [-0.15, -0.1) is 0 Å². The van der Waals surface area contributed by atoms with Gasteiger partial charge in [0.15, 0.2) is 0 Å². The van der Waals surface area contributed by atoms with Gasteiger partial charge in [-0.2, -0.15) is 0 Å². The number of nitrogens with two attached hydrogens (primary N) is 1. The molecule has 0 fully saturated rings. The number of benzene rings is 1. The molecule has 2 rings (SSSR count). The molecule has 0 saturated carbocycles. The van der Waals surface area contributed by atoms with Crippen LogP contribution in [-0.2, 0) is 0 Å². The Bertz CT molecular complexity index is 631. The van der Waals surface area contributed by atoms with E-state index in [-0.39, 0.29) is 5.76 Å². The number of amides is 1. The zero-order valence-corrected chi connectivity index (χ0v) is 11.4. The van der Waals surface area contributed by atoms with Gasteiger partial charge in [0.2, 0.25) is 5.76 Å². The summed E-state index contributed by atoms with van der Waals surface area (Å²) < 4.78 is 4.84. The smallest absolute Gasteiger partial charge is 0.287 e. The van der Waals surface area contributed by atoms with Crippen molar-refractivity contribution in [3.8, 4) is 11.3 Å². The van der Waals surface area contributed by atoms with E-state index in [2.05, 4.69) is 5.16 Å². The maximum atomic E-state index is 11.0. The molecule has 6 heteroatoms. The van der Waals surface area contributed by atoms with E-state index in [1.54, 1.807) is 0 Å². The average molecular weight is 272 g/mol. The van der Waals surface area contributed by atoms with Crippen LogP contribution >= 0.6 is 0 Å². The van der Waals surface area contributed by atoms with E-state index in [1.165, 1.54) is 6.07 Å². The van der Waals surface area contributed by atoms with Crippen LogP contribution in [0.25, 0.3) is 11.3 Å². The SMILES string of the molecule is CCN(C)C(=N)c1ccc(-c2cc(C(N)=O)on2)cc1. The highest BCUT2D eigenvalue weighted by Crippen LogP contribution is 2.20. The molecule has 0 atom stereocenters. The standard InChI is InChI=1S/C14H16N4O2/c1-3-18(2)13(15)10-6-4-9(5-7-10)11-8-12(14(16)19)20-17-11/h4-8,15H,3H2,1-2H3,(H2,16,19). The first-order chi connectivity index (χ1) is 9.52. The second-order valence-electron chi connectivity index (χ2n) is 4.38. The van der Waals surface area contributed by atoms with Crippen LogP contribution in [-0.4, -0.2) is 35.4 Å². The molecule has 1 aromatic heterocycles. The van der Waals surface area contributed by atoms with Gasteiger partial charge in [0.05, 0.1) is 0 Å². The monoisotopic (exact) mass is 272 g/mol. The molecule has 104 valence electrons. The van der Waals surface area contributed by atoms with Crippen LogP contribution in [0.1, 0.15) is 23.0 Å². The fourth-order valence-electron chi connectivity index (χ4n) is 1.70. The molecule has 0 aliphatic carbocycles. The van der Waals surface area contributed by atoms with Crippen LogP contribution in [0.5, 0.6) is 0 Å². The van der Waals surface area contributed by atoms with Crippen LogP contribution in [0.3, 0.4) is 0 Å². The average Bonchev–Trinajstić information content (AvgIpc) is 2.96. The van der Waals surface area contributed by atoms with Crippen LogP contribution in [0, 0.1) is 5.41 Å². The fraction of sp³-hybridized carbons (Fsp3) is 0.214. The van der Waals surface area contributed by atoms with E-state index >= 15 is 0 Å². The van der Waals surface area contributed by atoms with E-state index in [0.717, 1.165) is 17.7 Å². The summed E-state index contributed by atoms with van der Waals surface area (Å²) in [6, 6.07) is 8.83. The summed E-state index contributed by atoms with van der Waals surface area (Å²) in [6.45, 7) is 2.76. The van der Waals surface area contributed by atoms with Crippen molar-refractivity contribution < 1.29 is 9.32 Å². The van der Waals surface area contributed by atoms with Crippen molar-refractivity contribution in [2.45, 2.75) is 6.92 Å². The highest BCUT2D eigenvalue weighted by Gasteiger charge is 2.11. The molecule has 2 aromatic rings. The molecule has 6 nitrogen and oxygen atoms in total. The first kappa shape index (κ1) is 13.8. The second kappa shape index (κ2) is 5.56. The minimum absolute atomic E-state index is 0.0301. The predicted octanol–water partition coefficient (Wildman–Crippen LogP) is 1.72. The summed E-state index contributed by atoms with van der Waals surface area (Å²) in [5, 5.41) is 11.8. The quantitative estimate of drug-likeness (QED) is 0.654. The summed E-state index contributed by atoms with van der Waals surface area (Å²) in [4.78, 5) is 12.8. The molecule has 1 heterocycles. The Morgan fingerprint density at radius 2 is 2.05 bits per heavy atom. The largest absolute Gasteiger partial charge is 0.363 e. The Kier molecular flexibility index (Phi) is 3.84. The number of nitrogens with zero attached hydrogens (tertiary/aromatic N) is 2. The number of rotatable bonds is 4. The number of amidine groups is 1. The van der Waals surface area contributed by atoms with Crippen molar-refractivity contribution in [2.24, 2.45) is 5.73 Å². The van der Waals surface area contributed by atoms with Gasteiger partial charge in [0.1, 0.15) is 11.5 Å². The van der Waals surface area contributed by atoms with Crippen LogP contribution in [0.4, 0.5) is 0 Å². The van der Waals surface area contributed by atoms with E-state index in [0.29, 0.717) is 11.5 Å². The highest BCUT2D eigenvalue weighted by atomic mass is 16.5. The predicted molar refractivity (Wildman–Crippen MR) is 75.6 cm³/mol. The zero-order valence-electron chi connectivity index (χ0n) is 11.4. The van der Waals surface area contributed by atoms with Crippen molar-refractivity contribution >= 4 is 11.7 Å². The maximum Gasteiger partial charge on any atom is 0.287 e. The minimum atomic E-state index is -0.647. The molecular weight excluding hydrogens is 256 g/mol. The lowest BCUT2D eigenvalue weighted by Crippen LogP contribution is -2.26. The molecule has 0 spiro atoms. The third-order valence-electron chi connectivity index (χ3n) is 3.06. The Balaban J connectivity index is 2.23. The highest BCUT2D eigenvalue weighted by molar-refractivity contribution is 5.96. The van der Waals surface area contributed by atoms with E-state index < -0.39 is 5.91 Å². The molecule has 0 saturated heterocycles. The molecule has 3 N–H and O–H groups in total. The topological polar surface area (TPSA) is 96.2 Å². The fourth-order valence-corrected chi connectivity index (χ4v) is 1.70. The first-order valence-electron chi connectivity index (χ1n) is 6.20. The Labute approximate surface area is 116 Å². The summed E-state index contributed by atoms with van der Waals surface area (Å²) in [5.74, 6) is -0.161. The van der Waals surface area contributed by atoms with E-state index in [1.807, 2.05) is 43.1 Å². The molecule has 0 bridgehead atoms. The zero-order chi connectivity index (χ0) is 14.7. The number of hydrogen-bond acceptors (Lipinski definition) is 4. The van der Waals surface area contributed by atoms with Crippen LogP contribution in [0.2, 0.25) is 0 Å². The van der Waals surface area contributed by atoms with Gasteiger partial charge in [0.25, 0.3) is 5.91 Å². The Hall–Kier alpha value is -2.63. The summed E-state index contributed by atoms with van der Waals surface area (Å²) >= 11 is 0. The molecular formula is C14H16N4O2. The molecule has 0 aliphatic rings. The number of carbonyl (C=O) groups excluding carboxylic acids is 1. The Morgan fingerprint density at radius 3 is 2.55 bits per heavy atom. The lowest BCUT2D eigenvalue weighted by Gasteiger charge is -2.17. The van der Waals surface area contributed by atoms with Gasteiger partial charge in [-0.3, -0.25) is 10.2 Å². The van der Waals surface area contributed by atoms with Crippen molar-refractivity contribution in [2.75, 3.05) is 13.6 Å². The number of nitrogens with one attached hydrogen (secondary N) is 1. The van der Waals surface area contributed by atoms with Gasteiger partial charge in [-0.1, -0.05) is 29.4 Å². The number of hydrogen-bond donors (Lipinski definition) is 2. The normalized spacial score (nSPS) is 10.3. The molecule has 1 aromatic carbocycles. The number of aromatic nitrogens is 1. The molecule has 0 aliphatic heterocycles. The van der Waals surface area contributed by atoms with Crippen molar-refractivity contribution in [1.29, 1.82) is 5.41 Å². The number of primary amides is 1. The van der Waals surface area contributed by atoms with Crippen molar-refractivity contribution in [3.05, 3.63) is 41.7 Å². The van der Waals surface area contributed by atoms with Gasteiger partial charge in [0, 0.05) is 30.8 Å². The summed E-state index contributed by atoms with van der Waals surface area (Å²) in [6.07, 6.45) is 0. The van der Waals surface area contributed by atoms with Crippen LogP contribution in [0.15, 0.2) is 34.9 Å². The molecule has 20 heavy (non-hydrogen) atoms. The third-order valence-corrected chi connectivity index (χ3v) is 3.06. The van der Waals surface area contributed by atoms with Crippen molar-refractivity contribution in [1.82, 2.24) is 10.1 Å². The summed E-state index contributed by atoms with van der Waals surface area (Å²) in [7, 11) is 1.87. The van der Waals surface area contributed by atoms with E-state index in [9.17, 15) is 4.79 Å². The third kappa shape index (κ3) is 2.69. The number of carbonyl (C=O) groups is 1. The summed E-state index contributed by atoms with van der Waals surface area (Å²) in [5.41, 5.74) is 7.27. The molecule has 0 unspecified atom stereocenters. The van der Waals surface area contributed by atoms with Gasteiger partial charge in [-0.25, -0.2) is 0 Å². The first-order valence-corrected chi connectivity index (χ1v) is 6.20. The van der Waals surface area contributed by atoms with E-state index in [4.69, 9.17) is 15.7 Å². The molecule has 0 radical (unpaired) electrons. The van der Waals surface area contributed by atoms with Gasteiger partial charge >= 0.3 is 0 Å². The minimum Gasteiger partial charge on any atom is -0.363 e. The lowest BCUT2D eigenvalue weighted by atomic mass is 10.1. The van der Waals surface area contributed by atoms with Crippen LogP contribution < -0.4 is 5.73 Å². The maximum absolute atomic E-state index is 11.0. The van der Waals surface area contributed by atoms with Crippen molar-refractivity contribution in [3.63, 3.8) is 0 Å². The van der Waals surface area contributed by atoms with Gasteiger partial charge < -0.3 is 15.2 Å². The van der Waals surface area contributed by atoms with Gasteiger partial charge in [-0.05, 0) is 6.92 Å². The lowest BCUT2D eigenvalue weighted by molar-refractivity contribution is 0.0965. The Morgan fingerprint density at radius 1 is 1.40 bits per heavy atom. The second-order valence-corrected chi connectivity index (χ2v) is 4.38. The molecule has 1 amide bonds.